The lowest BCUT2D eigenvalue weighted by molar-refractivity contribution is -0.121. The molecule has 0 saturated heterocycles. The van der Waals surface area contributed by atoms with E-state index in [2.05, 4.69) is 31.9 Å². The second kappa shape index (κ2) is 6.55. The predicted octanol–water partition coefficient (Wildman–Crippen LogP) is 3.99. The standard InChI is InChI=1S/C13H16Br2O2/c1-8(2)13(16)11(15)6-9-4-5-10(14)12(7-9)17-3/h4-5,7-8,11H,6H2,1-3H3. The summed E-state index contributed by atoms with van der Waals surface area (Å²) in [5.74, 6) is 1.07. The van der Waals surface area contributed by atoms with E-state index < -0.39 is 0 Å². The maximum absolute atomic E-state index is 11.8. The summed E-state index contributed by atoms with van der Waals surface area (Å²) in [4.78, 5) is 11.7. The molecule has 1 aromatic rings. The van der Waals surface area contributed by atoms with Gasteiger partial charge in [-0.25, -0.2) is 0 Å². The van der Waals surface area contributed by atoms with Crippen LogP contribution in [0.3, 0.4) is 0 Å². The normalized spacial score (nSPS) is 12.6. The van der Waals surface area contributed by atoms with Crippen molar-refractivity contribution < 1.29 is 9.53 Å². The molecule has 4 heteroatoms. The number of Topliss-reactive ketones (excluding diaryl/α,β-unsaturated/α-hetero) is 1. The summed E-state index contributed by atoms with van der Waals surface area (Å²) in [5.41, 5.74) is 1.08. The molecule has 1 rings (SSSR count). The van der Waals surface area contributed by atoms with Gasteiger partial charge in [-0.2, -0.15) is 0 Å². The van der Waals surface area contributed by atoms with E-state index in [4.69, 9.17) is 4.74 Å². The molecule has 1 unspecified atom stereocenters. The Morgan fingerprint density at radius 2 is 2.06 bits per heavy atom. The van der Waals surface area contributed by atoms with Crippen molar-refractivity contribution in [3.05, 3.63) is 28.2 Å². The van der Waals surface area contributed by atoms with Crippen LogP contribution in [0.2, 0.25) is 0 Å². The molecule has 94 valence electrons. The second-order valence-electron chi connectivity index (χ2n) is 4.20. The van der Waals surface area contributed by atoms with Gasteiger partial charge in [0.2, 0.25) is 0 Å². The van der Waals surface area contributed by atoms with Gasteiger partial charge >= 0.3 is 0 Å². The fraction of sp³-hybridized carbons (Fsp3) is 0.462. The van der Waals surface area contributed by atoms with Crippen LogP contribution >= 0.6 is 31.9 Å². The Bertz CT molecular complexity index is 402. The van der Waals surface area contributed by atoms with Gasteiger partial charge in [-0.3, -0.25) is 4.79 Å². The minimum Gasteiger partial charge on any atom is -0.496 e. The number of hydrogen-bond donors (Lipinski definition) is 0. The summed E-state index contributed by atoms with van der Waals surface area (Å²) in [6, 6.07) is 5.88. The third kappa shape index (κ3) is 4.11. The van der Waals surface area contributed by atoms with E-state index in [1.54, 1.807) is 7.11 Å². The van der Waals surface area contributed by atoms with Crippen LogP contribution in [-0.2, 0) is 11.2 Å². The van der Waals surface area contributed by atoms with Crippen molar-refractivity contribution in [2.75, 3.05) is 7.11 Å². The first-order valence-corrected chi connectivity index (χ1v) is 7.16. The van der Waals surface area contributed by atoms with Crippen LogP contribution in [0.25, 0.3) is 0 Å². The number of hydrogen-bond acceptors (Lipinski definition) is 2. The van der Waals surface area contributed by atoms with Crippen LogP contribution in [0, 0.1) is 5.92 Å². The highest BCUT2D eigenvalue weighted by Gasteiger charge is 2.18. The lowest BCUT2D eigenvalue weighted by atomic mass is 10.0. The number of rotatable bonds is 5. The minimum absolute atomic E-state index is 0.0525. The molecule has 0 heterocycles. The van der Waals surface area contributed by atoms with Crippen molar-refractivity contribution >= 4 is 37.6 Å². The van der Waals surface area contributed by atoms with Crippen LogP contribution in [0.15, 0.2) is 22.7 Å². The highest BCUT2D eigenvalue weighted by Crippen LogP contribution is 2.27. The van der Waals surface area contributed by atoms with Crippen LogP contribution in [0.4, 0.5) is 0 Å². The summed E-state index contributed by atoms with van der Waals surface area (Å²) in [6.07, 6.45) is 0.681. The average Bonchev–Trinajstić information content (AvgIpc) is 2.30. The molecule has 1 atom stereocenters. The van der Waals surface area contributed by atoms with Crippen molar-refractivity contribution in [3.63, 3.8) is 0 Å². The highest BCUT2D eigenvalue weighted by atomic mass is 79.9. The Kier molecular flexibility index (Phi) is 5.67. The summed E-state index contributed by atoms with van der Waals surface area (Å²) >= 11 is 6.85. The number of methoxy groups -OCH3 is 1. The van der Waals surface area contributed by atoms with Crippen molar-refractivity contribution in [2.24, 2.45) is 5.92 Å². The Morgan fingerprint density at radius 3 is 2.59 bits per heavy atom. The van der Waals surface area contributed by atoms with E-state index in [0.29, 0.717) is 6.42 Å². The van der Waals surface area contributed by atoms with Crippen LogP contribution in [0.1, 0.15) is 19.4 Å². The minimum atomic E-state index is -0.131. The first-order chi connectivity index (χ1) is 7.95. The lowest BCUT2D eigenvalue weighted by Gasteiger charge is -2.12. The van der Waals surface area contributed by atoms with Gasteiger partial charge in [0.25, 0.3) is 0 Å². The molecule has 0 N–H and O–H groups in total. The molecule has 0 spiro atoms. The van der Waals surface area contributed by atoms with Gasteiger partial charge in [-0.1, -0.05) is 35.8 Å². The molecular weight excluding hydrogens is 348 g/mol. The number of ketones is 1. The van der Waals surface area contributed by atoms with Crippen LogP contribution in [0.5, 0.6) is 5.75 Å². The summed E-state index contributed by atoms with van der Waals surface area (Å²) in [7, 11) is 1.63. The first kappa shape index (κ1) is 14.7. The van der Waals surface area contributed by atoms with E-state index in [1.807, 2.05) is 32.0 Å². The van der Waals surface area contributed by atoms with Gasteiger partial charge in [0.05, 0.1) is 16.4 Å². The fourth-order valence-electron chi connectivity index (χ4n) is 1.50. The summed E-state index contributed by atoms with van der Waals surface area (Å²) in [6.45, 7) is 3.83. The number of ether oxygens (including phenoxy) is 1. The molecule has 0 aliphatic carbocycles. The molecule has 1 aromatic carbocycles. The average molecular weight is 364 g/mol. The topological polar surface area (TPSA) is 26.3 Å². The number of carbonyl (C=O) groups is 1. The fourth-order valence-corrected chi connectivity index (χ4v) is 2.81. The Morgan fingerprint density at radius 1 is 1.41 bits per heavy atom. The largest absolute Gasteiger partial charge is 0.496 e. The zero-order valence-corrected chi connectivity index (χ0v) is 13.3. The molecule has 0 amide bonds. The quantitative estimate of drug-likeness (QED) is 0.739. The monoisotopic (exact) mass is 362 g/mol. The molecule has 0 aliphatic rings. The Labute approximate surface area is 119 Å². The molecule has 0 aromatic heterocycles. The lowest BCUT2D eigenvalue weighted by Crippen LogP contribution is -2.21. The number of benzene rings is 1. The molecule has 0 radical (unpaired) electrons. The van der Waals surface area contributed by atoms with Crippen LogP contribution < -0.4 is 4.74 Å². The van der Waals surface area contributed by atoms with Crippen molar-refractivity contribution in [3.8, 4) is 5.75 Å². The van der Waals surface area contributed by atoms with Gasteiger partial charge < -0.3 is 4.74 Å². The number of alkyl halides is 1. The van der Waals surface area contributed by atoms with E-state index in [9.17, 15) is 4.79 Å². The molecule has 2 nitrogen and oxygen atoms in total. The van der Waals surface area contributed by atoms with E-state index in [1.165, 1.54) is 0 Å². The van der Waals surface area contributed by atoms with Gasteiger partial charge in [0.1, 0.15) is 11.5 Å². The van der Waals surface area contributed by atoms with Crippen molar-refractivity contribution in [1.82, 2.24) is 0 Å². The zero-order valence-electron chi connectivity index (χ0n) is 10.2. The SMILES string of the molecule is COc1cc(CC(Br)C(=O)C(C)C)ccc1Br. The molecular formula is C13H16Br2O2. The molecule has 0 aliphatic heterocycles. The van der Waals surface area contributed by atoms with Gasteiger partial charge in [-0.15, -0.1) is 0 Å². The third-order valence-electron chi connectivity index (χ3n) is 2.51. The molecule has 0 saturated carbocycles. The maximum Gasteiger partial charge on any atom is 0.149 e. The zero-order chi connectivity index (χ0) is 13.0. The van der Waals surface area contributed by atoms with E-state index in [0.717, 1.165) is 15.8 Å². The van der Waals surface area contributed by atoms with Gasteiger partial charge in [-0.05, 0) is 40.0 Å². The molecule has 0 bridgehead atoms. The smallest absolute Gasteiger partial charge is 0.149 e. The second-order valence-corrected chi connectivity index (χ2v) is 6.16. The van der Waals surface area contributed by atoms with E-state index >= 15 is 0 Å². The van der Waals surface area contributed by atoms with E-state index in [-0.39, 0.29) is 16.5 Å². The third-order valence-corrected chi connectivity index (χ3v) is 3.94. The first-order valence-electron chi connectivity index (χ1n) is 5.46. The number of carbonyl (C=O) groups excluding carboxylic acids is 1. The molecule has 0 fully saturated rings. The molecule has 17 heavy (non-hydrogen) atoms. The van der Waals surface area contributed by atoms with Gasteiger partial charge in [0.15, 0.2) is 0 Å². The summed E-state index contributed by atoms with van der Waals surface area (Å²) < 4.78 is 6.15. The Hall–Kier alpha value is -0.350. The van der Waals surface area contributed by atoms with Gasteiger partial charge in [0, 0.05) is 5.92 Å². The number of halogens is 2. The Balaban J connectivity index is 2.78. The van der Waals surface area contributed by atoms with Crippen molar-refractivity contribution in [1.29, 1.82) is 0 Å². The van der Waals surface area contributed by atoms with Crippen molar-refractivity contribution in [2.45, 2.75) is 25.1 Å². The van der Waals surface area contributed by atoms with Crippen LogP contribution in [-0.4, -0.2) is 17.7 Å². The maximum atomic E-state index is 11.8. The highest BCUT2D eigenvalue weighted by molar-refractivity contribution is 9.10. The predicted molar refractivity (Wildman–Crippen MR) is 77.0 cm³/mol. The summed E-state index contributed by atoms with van der Waals surface area (Å²) in [5, 5.41) is 0.